The highest BCUT2D eigenvalue weighted by Crippen LogP contribution is 2.21. The van der Waals surface area contributed by atoms with Gasteiger partial charge in [-0.15, -0.1) is 10.2 Å². The first-order valence-corrected chi connectivity index (χ1v) is 17.5. The summed E-state index contributed by atoms with van der Waals surface area (Å²) >= 11 is 0. The molecule has 17 heteroatoms. The van der Waals surface area contributed by atoms with Crippen LogP contribution in [0.3, 0.4) is 0 Å². The highest BCUT2D eigenvalue weighted by atomic mass is 19.1. The van der Waals surface area contributed by atoms with Crippen LogP contribution in [0.2, 0.25) is 0 Å². The number of carbonyl (C=O) groups is 3. The molecular weight excluding hydrogens is 737 g/mol. The van der Waals surface area contributed by atoms with Gasteiger partial charge >= 0.3 is 11.8 Å². The maximum atomic E-state index is 13.0. The number of para-hydroxylation sites is 1. The van der Waals surface area contributed by atoms with E-state index >= 15 is 0 Å². The van der Waals surface area contributed by atoms with Gasteiger partial charge < -0.3 is 25.5 Å². The first-order chi connectivity index (χ1) is 27.2. The standard InChI is InChI=1S/C20H21FN6O5.C20H19N3O2/c1-10-25-26-17(32-10)16(30)24-20(2,3)19-23-13(14(28)18(31)27(19)4)15(29)22-9-11-5-7-12(21)8-6-11;24-20(23-25)12-9-15-5-7-16(8-6-15)13-21-14-18-11-10-17-3-1-2-4-19(17)22-18/h5-8,28H,9H2,1-4H3,(H,22,29)(H,24,30);1-12,21,25H,13-14H2,(H,23,24)/b;12-9+. The summed E-state index contributed by atoms with van der Waals surface area (Å²) in [5.74, 6) is -3.43. The van der Waals surface area contributed by atoms with E-state index in [9.17, 15) is 28.7 Å². The third-order valence-corrected chi connectivity index (χ3v) is 8.36. The first-order valence-electron chi connectivity index (χ1n) is 17.5. The number of carbonyl (C=O) groups excluding carboxylic acids is 3. The van der Waals surface area contributed by atoms with Gasteiger partial charge in [-0.3, -0.25) is 33.9 Å². The molecule has 0 radical (unpaired) electrons. The van der Waals surface area contributed by atoms with Crippen molar-refractivity contribution in [2.24, 2.45) is 7.05 Å². The van der Waals surface area contributed by atoms with Crippen LogP contribution in [-0.4, -0.2) is 52.8 Å². The Bertz CT molecular complexity index is 2460. The van der Waals surface area contributed by atoms with Gasteiger partial charge in [0.2, 0.25) is 11.6 Å². The lowest BCUT2D eigenvalue weighted by atomic mass is 10.0. The van der Waals surface area contributed by atoms with Crippen LogP contribution in [0.25, 0.3) is 17.0 Å². The summed E-state index contributed by atoms with van der Waals surface area (Å²) in [6, 6.07) is 25.5. The zero-order valence-corrected chi connectivity index (χ0v) is 31.4. The van der Waals surface area contributed by atoms with Crippen LogP contribution < -0.4 is 27.0 Å². The lowest BCUT2D eigenvalue weighted by molar-refractivity contribution is -0.124. The number of rotatable bonds is 12. The number of hydroxylamine groups is 1. The normalized spacial score (nSPS) is 11.2. The number of halogens is 1. The molecule has 0 aliphatic heterocycles. The second-order valence-electron chi connectivity index (χ2n) is 13.2. The molecule has 57 heavy (non-hydrogen) atoms. The molecule has 294 valence electrons. The summed E-state index contributed by atoms with van der Waals surface area (Å²) in [6.45, 7) is 6.07. The molecule has 0 spiro atoms. The number of hydrogen-bond donors (Lipinski definition) is 6. The van der Waals surface area contributed by atoms with Crippen LogP contribution in [0.1, 0.15) is 69.1 Å². The van der Waals surface area contributed by atoms with Gasteiger partial charge in [0.05, 0.1) is 16.7 Å². The molecule has 0 bridgehead atoms. The van der Waals surface area contributed by atoms with Gasteiger partial charge in [0, 0.05) is 45.1 Å². The molecule has 3 heterocycles. The van der Waals surface area contributed by atoms with Crippen LogP contribution in [0.4, 0.5) is 4.39 Å². The van der Waals surface area contributed by atoms with Crippen molar-refractivity contribution in [3.8, 4) is 5.75 Å². The monoisotopic (exact) mass is 777 g/mol. The van der Waals surface area contributed by atoms with Crippen LogP contribution in [0.15, 0.2) is 100 Å². The Kier molecular flexibility index (Phi) is 13.3. The third-order valence-electron chi connectivity index (χ3n) is 8.36. The minimum Gasteiger partial charge on any atom is -0.501 e. The van der Waals surface area contributed by atoms with E-state index < -0.39 is 46.1 Å². The van der Waals surface area contributed by atoms with Crippen molar-refractivity contribution in [2.75, 3.05) is 0 Å². The molecule has 0 unspecified atom stereocenters. The quantitative estimate of drug-likeness (QED) is 0.0590. The Morgan fingerprint density at radius 1 is 0.877 bits per heavy atom. The van der Waals surface area contributed by atoms with Crippen molar-refractivity contribution in [3.63, 3.8) is 0 Å². The zero-order valence-electron chi connectivity index (χ0n) is 31.4. The SMILES string of the molecule is Cc1nnc(C(=O)NC(C)(C)c2nc(C(=O)NCc3ccc(F)cc3)c(O)c(=O)n2C)o1.O=C(/C=C/c1ccc(CNCc2ccc3ccccc3n2)cc1)NO. The summed E-state index contributed by atoms with van der Waals surface area (Å²) in [5, 5.41) is 35.5. The number of benzene rings is 3. The second-order valence-corrected chi connectivity index (χ2v) is 13.2. The van der Waals surface area contributed by atoms with Crippen molar-refractivity contribution in [3.05, 3.63) is 153 Å². The first kappa shape index (κ1) is 41.1. The molecule has 0 fully saturated rings. The van der Waals surface area contributed by atoms with Gasteiger partial charge in [0.15, 0.2) is 5.69 Å². The Balaban J connectivity index is 0.000000224. The zero-order chi connectivity index (χ0) is 41.1. The summed E-state index contributed by atoms with van der Waals surface area (Å²) in [6.07, 6.45) is 2.92. The number of nitrogens with zero attached hydrogens (tertiary/aromatic N) is 5. The molecule has 0 atom stereocenters. The van der Waals surface area contributed by atoms with E-state index in [1.807, 2.05) is 48.5 Å². The van der Waals surface area contributed by atoms with E-state index in [-0.39, 0.29) is 24.2 Å². The average Bonchev–Trinajstić information content (AvgIpc) is 3.65. The molecule has 3 aromatic carbocycles. The third kappa shape index (κ3) is 11.0. The number of aromatic nitrogens is 5. The van der Waals surface area contributed by atoms with Gasteiger partial charge in [-0.05, 0) is 60.9 Å². The van der Waals surface area contributed by atoms with Crippen molar-refractivity contribution in [1.82, 2.24) is 46.2 Å². The number of nitrogens with one attached hydrogen (secondary N) is 4. The molecule has 6 rings (SSSR count). The maximum absolute atomic E-state index is 13.0. The van der Waals surface area contributed by atoms with Crippen LogP contribution in [-0.2, 0) is 37.0 Å². The molecular formula is C40H40FN9O7. The fourth-order valence-electron chi connectivity index (χ4n) is 5.45. The molecule has 0 saturated carbocycles. The fraction of sp³-hybridized carbons (Fsp3) is 0.200. The van der Waals surface area contributed by atoms with Gasteiger partial charge in [-0.25, -0.2) is 14.9 Å². The Morgan fingerprint density at radius 2 is 1.56 bits per heavy atom. The molecule has 6 aromatic rings. The lowest BCUT2D eigenvalue weighted by Crippen LogP contribution is -2.46. The Hall–Kier alpha value is -7.11. The maximum Gasteiger partial charge on any atom is 0.309 e. The molecule has 0 aliphatic rings. The van der Waals surface area contributed by atoms with Gasteiger partial charge in [-0.2, -0.15) is 0 Å². The number of amides is 3. The Morgan fingerprint density at radius 3 is 2.25 bits per heavy atom. The number of aromatic hydroxyl groups is 1. The number of aryl methyl sites for hydroxylation is 1. The van der Waals surface area contributed by atoms with Crippen LogP contribution in [0.5, 0.6) is 5.75 Å². The summed E-state index contributed by atoms with van der Waals surface area (Å²) in [5.41, 5.74) is 3.55. The van der Waals surface area contributed by atoms with E-state index in [1.54, 1.807) is 25.4 Å². The van der Waals surface area contributed by atoms with E-state index in [0.717, 1.165) is 38.8 Å². The van der Waals surface area contributed by atoms with Gasteiger partial charge in [0.1, 0.15) is 11.6 Å². The smallest absolute Gasteiger partial charge is 0.309 e. The van der Waals surface area contributed by atoms with Crippen LogP contribution >= 0.6 is 0 Å². The highest BCUT2D eigenvalue weighted by molar-refractivity contribution is 5.95. The van der Waals surface area contributed by atoms with Crippen molar-refractivity contribution >= 4 is 34.7 Å². The van der Waals surface area contributed by atoms with E-state index in [1.165, 1.54) is 44.3 Å². The molecule has 3 aromatic heterocycles. The molecule has 0 aliphatic carbocycles. The molecule has 6 N–H and O–H groups in total. The van der Waals surface area contributed by atoms with Crippen LogP contribution in [0, 0.1) is 12.7 Å². The highest BCUT2D eigenvalue weighted by Gasteiger charge is 2.32. The Labute approximate surface area is 325 Å². The van der Waals surface area contributed by atoms with Crippen molar-refractivity contribution < 1.29 is 33.5 Å². The summed E-state index contributed by atoms with van der Waals surface area (Å²) < 4.78 is 19.1. The average molecular weight is 778 g/mol. The van der Waals surface area contributed by atoms with E-state index in [4.69, 9.17) is 9.62 Å². The van der Waals surface area contributed by atoms with E-state index in [0.29, 0.717) is 12.1 Å². The van der Waals surface area contributed by atoms with Gasteiger partial charge in [0.25, 0.3) is 17.4 Å². The summed E-state index contributed by atoms with van der Waals surface area (Å²) in [7, 11) is 1.34. The molecule has 0 saturated heterocycles. The number of fused-ring (bicyclic) bond motifs is 1. The second kappa shape index (κ2) is 18.5. The van der Waals surface area contributed by atoms with Crippen molar-refractivity contribution in [2.45, 2.75) is 45.9 Å². The van der Waals surface area contributed by atoms with Crippen molar-refractivity contribution in [1.29, 1.82) is 0 Å². The predicted molar refractivity (Wildman–Crippen MR) is 206 cm³/mol. The number of pyridine rings is 1. The summed E-state index contributed by atoms with van der Waals surface area (Å²) in [4.78, 5) is 57.3. The largest absolute Gasteiger partial charge is 0.501 e. The molecule has 3 amide bonds. The van der Waals surface area contributed by atoms with Gasteiger partial charge in [-0.1, -0.05) is 60.7 Å². The predicted octanol–water partition coefficient (Wildman–Crippen LogP) is 3.95. The lowest BCUT2D eigenvalue weighted by Gasteiger charge is -2.27. The topological polar surface area (TPSA) is 226 Å². The molecule has 16 nitrogen and oxygen atoms in total. The van der Waals surface area contributed by atoms with E-state index in [2.05, 4.69) is 48.2 Å². The minimum absolute atomic E-state index is 0.00294. The fourth-order valence-corrected chi connectivity index (χ4v) is 5.45. The number of hydrogen-bond acceptors (Lipinski definition) is 12. The minimum atomic E-state index is -1.27.